The van der Waals surface area contributed by atoms with Gasteiger partial charge in [0.05, 0.1) is 11.3 Å². The largest absolute Gasteiger partial charge is 0.486 e. The fourth-order valence-electron chi connectivity index (χ4n) is 3.89. The minimum absolute atomic E-state index is 0.0317. The first kappa shape index (κ1) is 19.6. The van der Waals surface area contributed by atoms with E-state index < -0.39 is 10.0 Å². The minimum Gasteiger partial charge on any atom is -0.486 e. The SMILES string of the molecule is Cc1c(C(=O)N2CCCC2)c(S(=O)(=O)Nc2ccc3c(c2)OCCO3)c(C)n1C. The number of anilines is 1. The van der Waals surface area contributed by atoms with Crippen LogP contribution in [-0.2, 0) is 17.1 Å². The molecule has 1 amide bonds. The van der Waals surface area contributed by atoms with Gasteiger partial charge in [-0.15, -0.1) is 0 Å². The van der Waals surface area contributed by atoms with Gasteiger partial charge >= 0.3 is 0 Å². The van der Waals surface area contributed by atoms with Crippen molar-refractivity contribution in [2.45, 2.75) is 31.6 Å². The van der Waals surface area contributed by atoms with Gasteiger partial charge in [-0.05, 0) is 38.8 Å². The van der Waals surface area contributed by atoms with Crippen LogP contribution < -0.4 is 14.2 Å². The molecule has 0 bridgehead atoms. The molecule has 1 N–H and O–H groups in total. The average Bonchev–Trinajstić information content (AvgIpc) is 3.31. The molecule has 0 saturated carbocycles. The molecule has 8 nitrogen and oxygen atoms in total. The van der Waals surface area contributed by atoms with Gasteiger partial charge in [-0.2, -0.15) is 0 Å². The molecule has 3 heterocycles. The van der Waals surface area contributed by atoms with Crippen LogP contribution >= 0.6 is 0 Å². The van der Waals surface area contributed by atoms with Crippen LogP contribution in [0.15, 0.2) is 23.1 Å². The molecular weight excluding hydrogens is 394 g/mol. The minimum atomic E-state index is -3.99. The third kappa shape index (κ3) is 3.43. The second-order valence-electron chi connectivity index (χ2n) is 7.40. The summed E-state index contributed by atoms with van der Waals surface area (Å²) in [6, 6.07) is 4.89. The number of hydrogen-bond donors (Lipinski definition) is 1. The molecule has 29 heavy (non-hydrogen) atoms. The Morgan fingerprint density at radius 1 is 1.03 bits per heavy atom. The second kappa shape index (κ2) is 7.29. The Kier molecular flexibility index (Phi) is 4.94. The third-order valence-electron chi connectivity index (χ3n) is 5.59. The topological polar surface area (TPSA) is 89.9 Å². The number of carbonyl (C=O) groups excluding carboxylic acids is 1. The van der Waals surface area contributed by atoms with E-state index in [1.54, 1.807) is 48.6 Å². The molecule has 1 saturated heterocycles. The van der Waals surface area contributed by atoms with E-state index in [-0.39, 0.29) is 16.4 Å². The van der Waals surface area contributed by atoms with Crippen LogP contribution in [0.4, 0.5) is 5.69 Å². The Hall–Kier alpha value is -2.68. The first-order chi connectivity index (χ1) is 13.8. The highest BCUT2D eigenvalue weighted by molar-refractivity contribution is 7.92. The number of carbonyl (C=O) groups is 1. The van der Waals surface area contributed by atoms with E-state index in [1.807, 2.05) is 0 Å². The van der Waals surface area contributed by atoms with Crippen molar-refractivity contribution in [1.82, 2.24) is 9.47 Å². The van der Waals surface area contributed by atoms with Gasteiger partial charge in [0.1, 0.15) is 18.1 Å². The van der Waals surface area contributed by atoms with Gasteiger partial charge < -0.3 is 18.9 Å². The number of hydrogen-bond acceptors (Lipinski definition) is 5. The molecular formula is C20H25N3O5S. The van der Waals surface area contributed by atoms with Crippen molar-refractivity contribution in [2.75, 3.05) is 31.0 Å². The van der Waals surface area contributed by atoms with Crippen LogP contribution in [0.5, 0.6) is 11.5 Å². The van der Waals surface area contributed by atoms with E-state index in [2.05, 4.69) is 4.72 Å². The van der Waals surface area contributed by atoms with Crippen LogP contribution in [-0.4, -0.2) is 50.1 Å². The summed E-state index contributed by atoms with van der Waals surface area (Å²) in [7, 11) is -2.22. The van der Waals surface area contributed by atoms with Crippen LogP contribution in [0, 0.1) is 13.8 Å². The Labute approximate surface area is 170 Å². The maximum absolute atomic E-state index is 13.3. The molecule has 2 aliphatic rings. The molecule has 0 aliphatic carbocycles. The fraction of sp³-hybridized carbons (Fsp3) is 0.450. The molecule has 0 radical (unpaired) electrons. The predicted octanol–water partition coefficient (Wildman–Crippen LogP) is 2.45. The Bertz CT molecular complexity index is 1070. The summed E-state index contributed by atoms with van der Waals surface area (Å²) in [6.45, 7) is 5.67. The van der Waals surface area contributed by atoms with Crippen molar-refractivity contribution in [3.63, 3.8) is 0 Å². The molecule has 0 atom stereocenters. The zero-order valence-electron chi connectivity index (χ0n) is 16.8. The molecule has 1 aromatic heterocycles. The molecule has 156 valence electrons. The highest BCUT2D eigenvalue weighted by Gasteiger charge is 2.33. The Balaban J connectivity index is 1.73. The number of aromatic nitrogens is 1. The van der Waals surface area contributed by atoms with Crippen LogP contribution in [0.3, 0.4) is 0 Å². The lowest BCUT2D eigenvalue weighted by atomic mass is 10.2. The van der Waals surface area contributed by atoms with Crippen molar-refractivity contribution in [3.8, 4) is 11.5 Å². The summed E-state index contributed by atoms with van der Waals surface area (Å²) in [5.41, 5.74) is 1.77. The van der Waals surface area contributed by atoms with E-state index in [0.29, 0.717) is 54.9 Å². The summed E-state index contributed by atoms with van der Waals surface area (Å²) >= 11 is 0. The molecule has 4 rings (SSSR count). The maximum atomic E-state index is 13.3. The molecule has 1 fully saturated rings. The Morgan fingerprint density at radius 3 is 2.38 bits per heavy atom. The number of sulfonamides is 1. The number of likely N-dealkylation sites (tertiary alicyclic amines) is 1. The number of fused-ring (bicyclic) bond motifs is 1. The highest BCUT2D eigenvalue weighted by atomic mass is 32.2. The summed E-state index contributed by atoms with van der Waals surface area (Å²) < 4.78 is 42.0. The van der Waals surface area contributed by atoms with Gasteiger partial charge in [0, 0.05) is 37.6 Å². The first-order valence-corrected chi connectivity index (χ1v) is 11.2. The quantitative estimate of drug-likeness (QED) is 0.822. The van der Waals surface area contributed by atoms with Crippen LogP contribution in [0.25, 0.3) is 0 Å². The normalized spacial score (nSPS) is 16.2. The number of rotatable bonds is 4. The molecule has 0 unspecified atom stereocenters. The van der Waals surface area contributed by atoms with E-state index in [4.69, 9.17) is 9.47 Å². The lowest BCUT2D eigenvalue weighted by Crippen LogP contribution is -2.30. The number of nitrogens with one attached hydrogen (secondary N) is 1. The smallest absolute Gasteiger partial charge is 0.264 e. The summed E-state index contributed by atoms with van der Waals surface area (Å²) in [5, 5.41) is 0. The Morgan fingerprint density at radius 2 is 1.69 bits per heavy atom. The van der Waals surface area contributed by atoms with Crippen molar-refractivity contribution < 1.29 is 22.7 Å². The third-order valence-corrected chi connectivity index (χ3v) is 7.14. The average molecular weight is 420 g/mol. The first-order valence-electron chi connectivity index (χ1n) is 9.67. The lowest BCUT2D eigenvalue weighted by molar-refractivity contribution is 0.0788. The van der Waals surface area contributed by atoms with E-state index >= 15 is 0 Å². The van der Waals surface area contributed by atoms with Gasteiger partial charge in [0.2, 0.25) is 0 Å². The van der Waals surface area contributed by atoms with Crippen molar-refractivity contribution in [1.29, 1.82) is 0 Å². The number of amides is 1. The van der Waals surface area contributed by atoms with Gasteiger partial charge in [0.15, 0.2) is 11.5 Å². The van der Waals surface area contributed by atoms with E-state index in [1.165, 1.54) is 0 Å². The van der Waals surface area contributed by atoms with E-state index in [9.17, 15) is 13.2 Å². The van der Waals surface area contributed by atoms with E-state index in [0.717, 1.165) is 12.8 Å². The van der Waals surface area contributed by atoms with Gasteiger partial charge in [-0.3, -0.25) is 9.52 Å². The van der Waals surface area contributed by atoms with Crippen LogP contribution in [0.1, 0.15) is 34.6 Å². The van der Waals surface area contributed by atoms with Gasteiger partial charge in [-0.1, -0.05) is 0 Å². The molecule has 2 aliphatic heterocycles. The van der Waals surface area contributed by atoms with Gasteiger partial charge in [0.25, 0.3) is 15.9 Å². The fourth-order valence-corrected chi connectivity index (χ4v) is 5.46. The summed E-state index contributed by atoms with van der Waals surface area (Å²) in [4.78, 5) is 14.9. The summed E-state index contributed by atoms with van der Waals surface area (Å²) in [5.74, 6) is 0.841. The van der Waals surface area contributed by atoms with Gasteiger partial charge in [-0.25, -0.2) is 8.42 Å². The van der Waals surface area contributed by atoms with Crippen molar-refractivity contribution >= 4 is 21.6 Å². The lowest BCUT2D eigenvalue weighted by Gasteiger charge is -2.19. The highest BCUT2D eigenvalue weighted by Crippen LogP contribution is 2.35. The number of benzene rings is 1. The monoisotopic (exact) mass is 419 g/mol. The number of ether oxygens (including phenoxy) is 2. The molecule has 2 aromatic rings. The molecule has 1 aromatic carbocycles. The van der Waals surface area contributed by atoms with Crippen molar-refractivity contribution in [3.05, 3.63) is 35.2 Å². The second-order valence-corrected chi connectivity index (χ2v) is 9.02. The van der Waals surface area contributed by atoms with Crippen molar-refractivity contribution in [2.24, 2.45) is 7.05 Å². The molecule has 0 spiro atoms. The maximum Gasteiger partial charge on any atom is 0.264 e. The zero-order chi connectivity index (χ0) is 20.8. The number of nitrogens with zero attached hydrogens (tertiary/aromatic N) is 2. The predicted molar refractivity (Wildman–Crippen MR) is 108 cm³/mol. The standard InChI is InChI=1S/C20H25N3O5S/c1-13-18(20(24)23-8-4-5-9-23)19(14(2)22(13)3)29(25,26)21-15-6-7-16-17(12-15)28-11-10-27-16/h6-7,12,21H,4-5,8-11H2,1-3H3. The summed E-state index contributed by atoms with van der Waals surface area (Å²) in [6.07, 6.45) is 1.88. The molecule has 9 heteroatoms. The zero-order valence-corrected chi connectivity index (χ0v) is 17.6. The van der Waals surface area contributed by atoms with Crippen LogP contribution in [0.2, 0.25) is 0 Å².